The van der Waals surface area contributed by atoms with Crippen LogP contribution in [-0.2, 0) is 4.79 Å². The first-order valence-corrected chi connectivity index (χ1v) is 7.97. The summed E-state index contributed by atoms with van der Waals surface area (Å²) < 4.78 is 0. The molecule has 3 heterocycles. The highest BCUT2D eigenvalue weighted by atomic mass is 32.1. The molecule has 7 heteroatoms. The van der Waals surface area contributed by atoms with Crippen molar-refractivity contribution in [3.05, 3.63) is 41.2 Å². The quantitative estimate of drug-likeness (QED) is 0.944. The monoisotopic (exact) mass is 316 g/mol. The first kappa shape index (κ1) is 14.6. The van der Waals surface area contributed by atoms with Crippen molar-refractivity contribution in [2.24, 2.45) is 0 Å². The van der Waals surface area contributed by atoms with E-state index in [9.17, 15) is 9.59 Å². The van der Waals surface area contributed by atoms with Gasteiger partial charge in [0, 0.05) is 31.2 Å². The molecule has 22 heavy (non-hydrogen) atoms. The van der Waals surface area contributed by atoms with Gasteiger partial charge < -0.3 is 10.2 Å². The molecule has 0 radical (unpaired) electrons. The number of pyridine rings is 1. The number of hydrogen-bond acceptors (Lipinski definition) is 5. The number of rotatable bonds is 3. The number of nitrogens with one attached hydrogen (secondary N) is 1. The van der Waals surface area contributed by atoms with Crippen LogP contribution >= 0.6 is 11.3 Å². The minimum atomic E-state index is -0.191. The zero-order chi connectivity index (χ0) is 15.5. The van der Waals surface area contributed by atoms with Crippen molar-refractivity contribution in [2.75, 3.05) is 11.9 Å². The van der Waals surface area contributed by atoms with Crippen LogP contribution in [0.15, 0.2) is 29.9 Å². The number of nitrogens with zero attached hydrogens (tertiary/aromatic N) is 3. The lowest BCUT2D eigenvalue weighted by molar-refractivity contribution is -0.114. The van der Waals surface area contributed by atoms with Crippen molar-refractivity contribution in [3.63, 3.8) is 0 Å². The molecule has 1 atom stereocenters. The third-order valence-electron chi connectivity index (χ3n) is 3.61. The molecule has 0 unspecified atom stereocenters. The third-order valence-corrected chi connectivity index (χ3v) is 4.37. The van der Waals surface area contributed by atoms with E-state index >= 15 is 0 Å². The molecule has 114 valence electrons. The highest BCUT2D eigenvalue weighted by Gasteiger charge is 2.31. The van der Waals surface area contributed by atoms with E-state index in [1.807, 2.05) is 17.0 Å². The SMILES string of the molecule is CC(=O)Nc1nc(C(=O)N2CCC[C@H]2c2ccncc2)cs1. The van der Waals surface area contributed by atoms with Crippen molar-refractivity contribution in [2.45, 2.75) is 25.8 Å². The molecule has 3 rings (SSSR count). The van der Waals surface area contributed by atoms with Crippen molar-refractivity contribution < 1.29 is 9.59 Å². The number of aromatic nitrogens is 2. The van der Waals surface area contributed by atoms with Crippen LogP contribution in [0, 0.1) is 0 Å². The predicted octanol–water partition coefficient (Wildman–Crippen LogP) is 2.47. The van der Waals surface area contributed by atoms with Gasteiger partial charge in [-0.2, -0.15) is 0 Å². The van der Waals surface area contributed by atoms with Crippen LogP contribution in [0.4, 0.5) is 5.13 Å². The van der Waals surface area contributed by atoms with Gasteiger partial charge in [-0.1, -0.05) is 0 Å². The first-order chi connectivity index (χ1) is 10.6. The number of carbonyl (C=O) groups is 2. The summed E-state index contributed by atoms with van der Waals surface area (Å²) >= 11 is 1.26. The summed E-state index contributed by atoms with van der Waals surface area (Å²) in [5.74, 6) is -0.281. The second-order valence-electron chi connectivity index (χ2n) is 5.16. The van der Waals surface area contributed by atoms with Gasteiger partial charge in [0.1, 0.15) is 5.69 Å². The van der Waals surface area contributed by atoms with Crippen LogP contribution in [0.1, 0.15) is 41.9 Å². The Morgan fingerprint density at radius 2 is 2.14 bits per heavy atom. The normalized spacial score (nSPS) is 17.5. The molecule has 2 aromatic heterocycles. The van der Waals surface area contributed by atoms with Gasteiger partial charge in [-0.15, -0.1) is 11.3 Å². The zero-order valence-electron chi connectivity index (χ0n) is 12.2. The van der Waals surface area contributed by atoms with Gasteiger partial charge in [0.15, 0.2) is 5.13 Å². The van der Waals surface area contributed by atoms with Crippen molar-refractivity contribution in [3.8, 4) is 0 Å². The molecule has 0 aliphatic carbocycles. The summed E-state index contributed by atoms with van der Waals surface area (Å²) in [7, 11) is 0. The van der Waals surface area contributed by atoms with Gasteiger partial charge in [-0.25, -0.2) is 4.98 Å². The van der Waals surface area contributed by atoms with Gasteiger partial charge in [-0.05, 0) is 30.5 Å². The van der Waals surface area contributed by atoms with E-state index in [2.05, 4.69) is 15.3 Å². The van der Waals surface area contributed by atoms with Crippen molar-refractivity contribution in [1.29, 1.82) is 0 Å². The van der Waals surface area contributed by atoms with E-state index in [1.165, 1.54) is 18.3 Å². The number of likely N-dealkylation sites (tertiary alicyclic amines) is 1. The maximum atomic E-state index is 12.7. The average Bonchev–Trinajstić information content (AvgIpc) is 3.16. The standard InChI is InChI=1S/C15H16N4O2S/c1-10(20)17-15-18-12(9-22-15)14(21)19-8-2-3-13(19)11-4-6-16-7-5-11/h4-7,9,13H,2-3,8H2,1H3,(H,17,18,20)/t13-/m0/s1. The molecule has 1 aliphatic rings. The minimum absolute atomic E-state index is 0.0708. The number of amides is 2. The molecule has 0 aromatic carbocycles. The van der Waals surface area contributed by atoms with Gasteiger partial charge in [-0.3, -0.25) is 14.6 Å². The summed E-state index contributed by atoms with van der Waals surface area (Å²) in [4.78, 5) is 33.8. The fourth-order valence-electron chi connectivity index (χ4n) is 2.67. The Morgan fingerprint density at radius 1 is 1.36 bits per heavy atom. The lowest BCUT2D eigenvalue weighted by atomic mass is 10.1. The van der Waals surface area contributed by atoms with Gasteiger partial charge in [0.05, 0.1) is 6.04 Å². The Hall–Kier alpha value is -2.28. The van der Waals surface area contributed by atoms with Crippen LogP contribution < -0.4 is 5.32 Å². The third kappa shape index (κ3) is 2.99. The number of anilines is 1. The summed E-state index contributed by atoms with van der Waals surface area (Å²) in [5, 5.41) is 4.75. The molecule has 6 nitrogen and oxygen atoms in total. The molecular formula is C15H16N4O2S. The zero-order valence-corrected chi connectivity index (χ0v) is 13.0. The second-order valence-corrected chi connectivity index (χ2v) is 6.01. The maximum absolute atomic E-state index is 12.7. The lowest BCUT2D eigenvalue weighted by Crippen LogP contribution is -2.30. The summed E-state index contributed by atoms with van der Waals surface area (Å²) in [6, 6.07) is 3.96. The van der Waals surface area contributed by atoms with Crippen molar-refractivity contribution >= 4 is 28.3 Å². The second kappa shape index (κ2) is 6.23. The van der Waals surface area contributed by atoms with Crippen LogP contribution in [0.2, 0.25) is 0 Å². The predicted molar refractivity (Wildman–Crippen MR) is 83.7 cm³/mol. The summed E-state index contributed by atoms with van der Waals surface area (Å²) in [6.45, 7) is 2.14. The molecule has 1 aliphatic heterocycles. The Kier molecular flexibility index (Phi) is 4.15. The molecular weight excluding hydrogens is 300 g/mol. The highest BCUT2D eigenvalue weighted by molar-refractivity contribution is 7.14. The Bertz CT molecular complexity index is 686. The van der Waals surface area contributed by atoms with Gasteiger partial charge in [0.2, 0.25) is 5.91 Å². The fourth-order valence-corrected chi connectivity index (χ4v) is 3.40. The molecule has 1 fully saturated rings. The van der Waals surface area contributed by atoms with Crippen LogP contribution in [0.5, 0.6) is 0 Å². The number of hydrogen-bond donors (Lipinski definition) is 1. The summed E-state index contributed by atoms with van der Waals surface area (Å²) in [6.07, 6.45) is 5.40. The lowest BCUT2D eigenvalue weighted by Gasteiger charge is -2.24. The molecule has 0 saturated carbocycles. The Morgan fingerprint density at radius 3 is 2.86 bits per heavy atom. The molecule has 2 aromatic rings. The van der Waals surface area contributed by atoms with E-state index in [1.54, 1.807) is 17.8 Å². The van der Waals surface area contributed by atoms with Crippen LogP contribution in [-0.4, -0.2) is 33.2 Å². The van der Waals surface area contributed by atoms with Crippen LogP contribution in [0.25, 0.3) is 0 Å². The molecule has 1 N–H and O–H groups in total. The van der Waals surface area contributed by atoms with E-state index < -0.39 is 0 Å². The smallest absolute Gasteiger partial charge is 0.273 e. The number of carbonyl (C=O) groups excluding carboxylic acids is 2. The van der Waals surface area contributed by atoms with E-state index in [4.69, 9.17) is 0 Å². The Labute approximate surface area is 132 Å². The number of thiazole rings is 1. The van der Waals surface area contributed by atoms with E-state index in [-0.39, 0.29) is 17.9 Å². The van der Waals surface area contributed by atoms with E-state index in [0.29, 0.717) is 10.8 Å². The largest absolute Gasteiger partial charge is 0.330 e. The molecule has 1 saturated heterocycles. The molecule has 0 spiro atoms. The highest BCUT2D eigenvalue weighted by Crippen LogP contribution is 2.33. The molecule has 0 bridgehead atoms. The topological polar surface area (TPSA) is 75.2 Å². The van der Waals surface area contributed by atoms with Gasteiger partial charge in [0.25, 0.3) is 5.91 Å². The van der Waals surface area contributed by atoms with Crippen LogP contribution in [0.3, 0.4) is 0 Å². The fraction of sp³-hybridized carbons (Fsp3) is 0.333. The Balaban J connectivity index is 1.79. The minimum Gasteiger partial charge on any atom is -0.330 e. The van der Waals surface area contributed by atoms with Crippen molar-refractivity contribution in [1.82, 2.24) is 14.9 Å². The van der Waals surface area contributed by atoms with Gasteiger partial charge >= 0.3 is 0 Å². The average molecular weight is 316 g/mol. The van der Waals surface area contributed by atoms with E-state index in [0.717, 1.165) is 24.9 Å². The molecule has 2 amide bonds. The maximum Gasteiger partial charge on any atom is 0.273 e. The summed E-state index contributed by atoms with van der Waals surface area (Å²) in [5.41, 5.74) is 1.48. The first-order valence-electron chi connectivity index (χ1n) is 7.09.